The lowest BCUT2D eigenvalue weighted by molar-refractivity contribution is -0.529. The zero-order chi connectivity index (χ0) is 20.6. The minimum Gasteiger partial charge on any atom is -0.270 e. The van der Waals surface area contributed by atoms with Gasteiger partial charge in [0.2, 0.25) is 11.9 Å². The van der Waals surface area contributed by atoms with Gasteiger partial charge in [0.15, 0.2) is 0 Å². The van der Waals surface area contributed by atoms with Gasteiger partial charge >= 0.3 is 12.0 Å². The maximum atomic E-state index is 13.9. The van der Waals surface area contributed by atoms with E-state index in [1.807, 2.05) is 6.92 Å². The number of benzene rings is 1. The van der Waals surface area contributed by atoms with E-state index in [4.69, 9.17) is 11.6 Å². The van der Waals surface area contributed by atoms with Crippen molar-refractivity contribution >= 4 is 41.5 Å². The largest absolute Gasteiger partial charge is 0.414 e. The summed E-state index contributed by atoms with van der Waals surface area (Å²) in [7, 11) is 2.96. The van der Waals surface area contributed by atoms with Crippen LogP contribution in [-0.2, 0) is 4.79 Å². The minimum atomic E-state index is -0.779. The maximum Gasteiger partial charge on any atom is 0.414 e. The first-order valence-corrected chi connectivity index (χ1v) is 8.75. The molecule has 3 amide bonds. The fourth-order valence-corrected chi connectivity index (χ4v) is 3.14. The van der Waals surface area contributed by atoms with E-state index in [9.17, 15) is 14.0 Å². The molecule has 0 aromatic heterocycles. The van der Waals surface area contributed by atoms with Crippen LogP contribution in [0.5, 0.6) is 0 Å². The van der Waals surface area contributed by atoms with Gasteiger partial charge in [0.05, 0.1) is 23.3 Å². The molecular formula is C18H19ClFN6O2+. The number of nitrogens with one attached hydrogen (secondary N) is 1. The standard InChI is InChI=1S/C18H18ClFN6O2/c1-10(2)9-26-14-15(24(3)18(28)25(4)16(14)27)22-17(26)23-21-8-11-12(19)6-5-7-13(11)20/h5-8,14H,1,9H2,2-4H3/p+1/b21-8+. The third-order valence-corrected chi connectivity index (χ3v) is 4.66. The summed E-state index contributed by atoms with van der Waals surface area (Å²) in [4.78, 5) is 31.6. The van der Waals surface area contributed by atoms with Crippen LogP contribution in [-0.4, -0.2) is 71.0 Å². The molecule has 1 aromatic carbocycles. The van der Waals surface area contributed by atoms with E-state index in [2.05, 4.69) is 22.1 Å². The number of nitrogens with zero attached hydrogens (tertiary/aromatic N) is 5. The molecule has 8 nitrogen and oxygen atoms in total. The number of rotatable bonds is 4. The van der Waals surface area contributed by atoms with E-state index in [1.165, 1.54) is 30.3 Å². The zero-order valence-electron chi connectivity index (χ0n) is 15.6. The first-order chi connectivity index (χ1) is 13.2. The van der Waals surface area contributed by atoms with Gasteiger partial charge in [0.1, 0.15) is 5.82 Å². The van der Waals surface area contributed by atoms with Crippen LogP contribution in [0.2, 0.25) is 5.02 Å². The number of likely N-dealkylation sites (N-methyl/N-ethyl adjacent to an activating group) is 2. The van der Waals surface area contributed by atoms with Gasteiger partial charge in [-0.05, 0) is 24.6 Å². The SMILES string of the molecule is C=C(C)C[N+]1=C(N/N=C/c2c(F)cccc2Cl)N=C2C1C(=O)N(C)C(=O)N2C. The highest BCUT2D eigenvalue weighted by molar-refractivity contribution is 6.33. The fraction of sp³-hybridized carbons (Fsp3) is 0.278. The Bertz CT molecular complexity index is 951. The Kier molecular flexibility index (Phi) is 5.28. The second kappa shape index (κ2) is 7.51. The van der Waals surface area contributed by atoms with Crippen LogP contribution in [0.25, 0.3) is 0 Å². The number of hydrazone groups is 1. The molecule has 2 aliphatic rings. The van der Waals surface area contributed by atoms with Crippen molar-refractivity contribution in [3.05, 3.63) is 46.8 Å². The predicted molar refractivity (Wildman–Crippen MR) is 104 cm³/mol. The molecule has 2 aliphatic heterocycles. The fourth-order valence-electron chi connectivity index (χ4n) is 2.93. The monoisotopic (exact) mass is 405 g/mol. The lowest BCUT2D eigenvalue weighted by atomic mass is 10.1. The number of amides is 3. The van der Waals surface area contributed by atoms with Crippen molar-refractivity contribution in [3.63, 3.8) is 0 Å². The lowest BCUT2D eigenvalue weighted by Gasteiger charge is -2.31. The van der Waals surface area contributed by atoms with Crippen LogP contribution in [0.3, 0.4) is 0 Å². The van der Waals surface area contributed by atoms with Crippen LogP contribution >= 0.6 is 11.6 Å². The molecule has 0 saturated carbocycles. The average Bonchev–Trinajstić information content (AvgIpc) is 2.98. The summed E-state index contributed by atoms with van der Waals surface area (Å²) in [5.74, 6) is -0.387. The highest BCUT2D eigenvalue weighted by Gasteiger charge is 2.51. The third-order valence-electron chi connectivity index (χ3n) is 4.33. The van der Waals surface area contributed by atoms with Gasteiger partial charge in [-0.15, -0.1) is 5.10 Å². The Morgan fingerprint density at radius 3 is 2.79 bits per heavy atom. The summed E-state index contributed by atoms with van der Waals surface area (Å²) in [5.41, 5.74) is 3.62. The number of imide groups is 1. The first-order valence-electron chi connectivity index (χ1n) is 8.37. The number of hydrogen-bond donors (Lipinski definition) is 1. The molecule has 1 fully saturated rings. The Morgan fingerprint density at radius 1 is 1.43 bits per heavy atom. The molecule has 1 unspecified atom stereocenters. The molecule has 1 aromatic rings. The van der Waals surface area contributed by atoms with E-state index in [0.717, 1.165) is 10.5 Å². The number of urea groups is 1. The van der Waals surface area contributed by atoms with Crippen LogP contribution in [0.4, 0.5) is 9.18 Å². The predicted octanol–water partition coefficient (Wildman–Crippen LogP) is 1.65. The van der Waals surface area contributed by atoms with E-state index in [-0.39, 0.29) is 22.4 Å². The number of hydrogen-bond acceptors (Lipinski definition) is 5. The molecule has 28 heavy (non-hydrogen) atoms. The normalized spacial score (nSPS) is 19.5. The van der Waals surface area contributed by atoms with Crippen LogP contribution in [0.1, 0.15) is 12.5 Å². The van der Waals surface area contributed by atoms with Crippen LogP contribution < -0.4 is 5.43 Å². The topological polar surface area (TPSA) is 80.4 Å². The zero-order valence-corrected chi connectivity index (χ0v) is 16.4. The Labute approximate surface area is 166 Å². The molecule has 2 heterocycles. The summed E-state index contributed by atoms with van der Waals surface area (Å²) >= 11 is 5.98. The van der Waals surface area contributed by atoms with E-state index in [1.54, 1.807) is 17.7 Å². The summed E-state index contributed by atoms with van der Waals surface area (Å²) in [5, 5.41) is 4.22. The van der Waals surface area contributed by atoms with Crippen molar-refractivity contribution in [2.75, 3.05) is 20.6 Å². The summed E-state index contributed by atoms with van der Waals surface area (Å²) in [6.07, 6.45) is 1.23. The van der Waals surface area contributed by atoms with Crippen molar-refractivity contribution in [2.45, 2.75) is 13.0 Å². The van der Waals surface area contributed by atoms with Crippen molar-refractivity contribution in [1.29, 1.82) is 0 Å². The minimum absolute atomic E-state index is 0.120. The molecule has 0 aliphatic carbocycles. The highest BCUT2D eigenvalue weighted by Crippen LogP contribution is 2.19. The smallest absolute Gasteiger partial charge is 0.270 e. The summed E-state index contributed by atoms with van der Waals surface area (Å²) in [6, 6.07) is 3.06. The number of carbonyl (C=O) groups is 2. The molecule has 0 bridgehead atoms. The van der Waals surface area contributed by atoms with E-state index < -0.39 is 23.8 Å². The first kappa shape index (κ1) is 19.7. The number of fused-ring (bicyclic) bond motifs is 1. The van der Waals surface area contributed by atoms with Crippen molar-refractivity contribution in [1.82, 2.24) is 15.2 Å². The Hall–Kier alpha value is -3.07. The number of carbonyl (C=O) groups excluding carboxylic acids is 2. The van der Waals surface area contributed by atoms with Gasteiger partial charge in [0, 0.05) is 14.1 Å². The van der Waals surface area contributed by atoms with Crippen molar-refractivity contribution < 1.29 is 18.6 Å². The third kappa shape index (κ3) is 3.40. The summed E-state index contributed by atoms with van der Waals surface area (Å²) in [6.45, 7) is 6.00. The molecule has 146 valence electrons. The van der Waals surface area contributed by atoms with Crippen LogP contribution in [0.15, 0.2) is 40.4 Å². The molecular weight excluding hydrogens is 387 g/mol. The molecule has 10 heteroatoms. The molecule has 1 saturated heterocycles. The average molecular weight is 406 g/mol. The van der Waals surface area contributed by atoms with Gasteiger partial charge in [-0.1, -0.05) is 29.2 Å². The molecule has 1 N–H and O–H groups in total. The van der Waals surface area contributed by atoms with Gasteiger partial charge in [-0.3, -0.25) is 14.6 Å². The summed E-state index contributed by atoms with van der Waals surface area (Å²) < 4.78 is 15.5. The number of amidine groups is 1. The van der Waals surface area contributed by atoms with Gasteiger partial charge < -0.3 is 0 Å². The van der Waals surface area contributed by atoms with Crippen LogP contribution in [0, 0.1) is 5.82 Å². The maximum absolute atomic E-state index is 13.9. The quantitative estimate of drug-likeness (QED) is 0.358. The number of guanidine groups is 1. The molecule has 0 spiro atoms. The highest BCUT2D eigenvalue weighted by atomic mass is 35.5. The lowest BCUT2D eigenvalue weighted by Crippen LogP contribution is -2.61. The van der Waals surface area contributed by atoms with Gasteiger partial charge in [-0.25, -0.2) is 13.8 Å². The van der Waals surface area contributed by atoms with E-state index >= 15 is 0 Å². The van der Waals surface area contributed by atoms with E-state index in [0.29, 0.717) is 6.54 Å². The molecule has 3 rings (SSSR count). The van der Waals surface area contributed by atoms with Gasteiger partial charge in [0.25, 0.3) is 5.91 Å². The second-order valence-electron chi connectivity index (χ2n) is 6.53. The number of aliphatic imine (C=N–C) groups is 1. The molecule has 1 atom stereocenters. The second-order valence-corrected chi connectivity index (χ2v) is 6.93. The number of halogens is 2. The van der Waals surface area contributed by atoms with Crippen molar-refractivity contribution in [2.24, 2.45) is 10.1 Å². The van der Waals surface area contributed by atoms with Gasteiger partial charge in [-0.2, -0.15) is 5.43 Å². The Morgan fingerprint density at radius 2 is 2.14 bits per heavy atom. The van der Waals surface area contributed by atoms with Crippen molar-refractivity contribution in [3.8, 4) is 0 Å². The Balaban J connectivity index is 1.95. The molecule has 0 radical (unpaired) electrons.